The minimum Gasteiger partial charge on any atom is -0.495 e. The number of anilines is 3. The Morgan fingerprint density at radius 1 is 0.974 bits per heavy atom. The van der Waals surface area contributed by atoms with Crippen molar-refractivity contribution in [2.75, 3.05) is 30.2 Å². The third kappa shape index (κ3) is 7.52. The second kappa shape index (κ2) is 13.8. The largest absolute Gasteiger partial charge is 0.495 e. The number of fused-ring (bicyclic) bond motifs is 1. The Morgan fingerprint density at radius 3 is 2.51 bits per heavy atom. The van der Waals surface area contributed by atoms with Gasteiger partial charge in [-0.15, -0.1) is 23.1 Å². The van der Waals surface area contributed by atoms with E-state index in [4.69, 9.17) is 21.7 Å². The number of aryl methyl sites for hydroxylation is 1. The lowest BCUT2D eigenvalue weighted by atomic mass is 9.96. The van der Waals surface area contributed by atoms with Crippen molar-refractivity contribution in [2.24, 2.45) is 0 Å². The fourth-order valence-electron chi connectivity index (χ4n) is 4.48. The fraction of sp³-hybridized carbons (Fsp3) is 0.345. The molecule has 1 heterocycles. The van der Waals surface area contributed by atoms with Crippen molar-refractivity contribution >= 4 is 68.7 Å². The third-order valence-corrected chi connectivity index (χ3v) is 8.93. The van der Waals surface area contributed by atoms with E-state index < -0.39 is 5.25 Å². The molecular weight excluding hydrogens is 551 g/mol. The van der Waals surface area contributed by atoms with E-state index in [-0.39, 0.29) is 11.9 Å². The fourth-order valence-corrected chi connectivity index (χ4v) is 6.91. The van der Waals surface area contributed by atoms with Crippen molar-refractivity contribution in [1.29, 1.82) is 0 Å². The SMILES string of the molecule is COC(=O)c1c(NC(=O)C(C)Sc2cccc(NC(=S)Nc3ccccc3OC)c2)sc2c1CCCCCC2. The molecule has 0 radical (unpaired) electrons. The smallest absolute Gasteiger partial charge is 0.341 e. The van der Waals surface area contributed by atoms with Crippen LogP contribution >= 0.6 is 35.3 Å². The van der Waals surface area contributed by atoms with E-state index in [1.165, 1.54) is 41.5 Å². The van der Waals surface area contributed by atoms with Gasteiger partial charge in [-0.3, -0.25) is 4.79 Å². The summed E-state index contributed by atoms with van der Waals surface area (Å²) in [6.45, 7) is 1.86. The topological polar surface area (TPSA) is 88.7 Å². The molecule has 1 unspecified atom stereocenters. The van der Waals surface area contributed by atoms with Gasteiger partial charge in [0.2, 0.25) is 5.91 Å². The number of carbonyl (C=O) groups is 2. The number of esters is 1. The highest BCUT2D eigenvalue weighted by atomic mass is 32.2. The van der Waals surface area contributed by atoms with E-state index in [9.17, 15) is 9.59 Å². The Labute approximate surface area is 243 Å². The maximum atomic E-state index is 13.2. The third-order valence-electron chi connectivity index (χ3n) is 6.43. The van der Waals surface area contributed by atoms with Gasteiger partial charge in [0.1, 0.15) is 10.8 Å². The number of methoxy groups -OCH3 is 2. The Bertz CT molecular complexity index is 1340. The first kappa shape index (κ1) is 28.9. The number of carbonyl (C=O) groups excluding carboxylic acids is 2. The monoisotopic (exact) mass is 583 g/mol. The first-order valence-corrected chi connectivity index (χ1v) is 15.0. The van der Waals surface area contributed by atoms with Crippen LogP contribution in [-0.4, -0.2) is 36.5 Å². The maximum absolute atomic E-state index is 13.2. The van der Waals surface area contributed by atoms with Gasteiger partial charge in [0.15, 0.2) is 5.11 Å². The summed E-state index contributed by atoms with van der Waals surface area (Å²) >= 11 is 8.43. The highest BCUT2D eigenvalue weighted by Crippen LogP contribution is 2.38. The van der Waals surface area contributed by atoms with Gasteiger partial charge in [-0.1, -0.05) is 31.0 Å². The van der Waals surface area contributed by atoms with Gasteiger partial charge in [-0.05, 0) is 80.7 Å². The summed E-state index contributed by atoms with van der Waals surface area (Å²) < 4.78 is 10.5. The van der Waals surface area contributed by atoms with Crippen molar-refractivity contribution in [3.8, 4) is 5.75 Å². The van der Waals surface area contributed by atoms with E-state index in [0.29, 0.717) is 21.4 Å². The van der Waals surface area contributed by atoms with Gasteiger partial charge in [-0.2, -0.15) is 0 Å². The Kier molecular flexibility index (Phi) is 10.2. The molecule has 1 aliphatic rings. The number of thiophene rings is 1. The molecule has 1 aliphatic carbocycles. The molecule has 0 fully saturated rings. The molecule has 3 N–H and O–H groups in total. The standard InChI is InChI=1S/C29H33N3O4S3/c1-18(26(33)32-27-25(28(34)36-3)21-13-6-4-5-7-16-24(21)39-27)38-20-12-10-11-19(17-20)30-29(37)31-22-14-8-9-15-23(22)35-2/h8-12,14-15,17-18H,4-7,13,16H2,1-3H3,(H,32,33)(H2,30,31,37). The zero-order valence-corrected chi connectivity index (χ0v) is 24.7. The van der Waals surface area contributed by atoms with E-state index in [0.717, 1.165) is 53.9 Å². The van der Waals surface area contributed by atoms with Crippen molar-refractivity contribution < 1.29 is 19.1 Å². The van der Waals surface area contributed by atoms with Gasteiger partial charge in [0, 0.05) is 15.5 Å². The van der Waals surface area contributed by atoms with E-state index in [1.54, 1.807) is 7.11 Å². The Morgan fingerprint density at radius 2 is 1.74 bits per heavy atom. The summed E-state index contributed by atoms with van der Waals surface area (Å²) in [5.41, 5.74) is 3.12. The normalized spacial score (nSPS) is 13.7. The summed E-state index contributed by atoms with van der Waals surface area (Å²) in [6, 6.07) is 15.3. The number of para-hydroxylation sites is 2. The van der Waals surface area contributed by atoms with Crippen LogP contribution in [0.5, 0.6) is 5.75 Å². The molecular formula is C29H33N3O4S3. The minimum atomic E-state index is -0.394. The summed E-state index contributed by atoms with van der Waals surface area (Å²) in [4.78, 5) is 28.0. The molecule has 1 amide bonds. The van der Waals surface area contributed by atoms with Crippen LogP contribution in [0, 0.1) is 0 Å². The van der Waals surface area contributed by atoms with E-state index >= 15 is 0 Å². The summed E-state index contributed by atoms with van der Waals surface area (Å²) in [6.07, 6.45) is 6.24. The molecule has 3 aromatic rings. The molecule has 0 saturated heterocycles. The summed E-state index contributed by atoms with van der Waals surface area (Å²) in [7, 11) is 3.00. The predicted molar refractivity (Wildman–Crippen MR) is 165 cm³/mol. The number of amides is 1. The van der Waals surface area contributed by atoms with Crippen LogP contribution in [0.3, 0.4) is 0 Å². The number of hydrogen-bond acceptors (Lipinski definition) is 7. The van der Waals surface area contributed by atoms with Crippen LogP contribution < -0.4 is 20.7 Å². The highest BCUT2D eigenvalue weighted by Gasteiger charge is 2.27. The highest BCUT2D eigenvalue weighted by molar-refractivity contribution is 8.00. The van der Waals surface area contributed by atoms with Gasteiger partial charge < -0.3 is 25.4 Å². The van der Waals surface area contributed by atoms with Crippen molar-refractivity contribution in [2.45, 2.75) is 55.6 Å². The average Bonchev–Trinajstić information content (AvgIpc) is 3.24. The number of thioether (sulfide) groups is 1. The lowest BCUT2D eigenvalue weighted by molar-refractivity contribution is -0.115. The molecule has 0 aliphatic heterocycles. The molecule has 1 aromatic heterocycles. The first-order valence-electron chi connectivity index (χ1n) is 12.9. The summed E-state index contributed by atoms with van der Waals surface area (Å²) in [5, 5.41) is 9.99. The molecule has 10 heteroatoms. The van der Waals surface area contributed by atoms with Crippen molar-refractivity contribution in [1.82, 2.24) is 0 Å². The average molecular weight is 584 g/mol. The molecule has 0 spiro atoms. The quantitative estimate of drug-likeness (QED) is 0.147. The van der Waals surface area contributed by atoms with Gasteiger partial charge >= 0.3 is 5.97 Å². The van der Waals surface area contributed by atoms with Crippen LogP contribution in [0.4, 0.5) is 16.4 Å². The molecule has 206 valence electrons. The lowest BCUT2D eigenvalue weighted by Gasteiger charge is -2.15. The zero-order valence-electron chi connectivity index (χ0n) is 22.3. The zero-order chi connectivity index (χ0) is 27.8. The summed E-state index contributed by atoms with van der Waals surface area (Å²) in [5.74, 6) is 0.144. The lowest BCUT2D eigenvalue weighted by Crippen LogP contribution is -2.23. The van der Waals surface area contributed by atoms with Crippen LogP contribution in [0.2, 0.25) is 0 Å². The number of rotatable bonds is 8. The molecule has 1 atom stereocenters. The van der Waals surface area contributed by atoms with Gasteiger partial charge in [-0.25, -0.2) is 4.79 Å². The number of ether oxygens (including phenoxy) is 2. The number of benzene rings is 2. The van der Waals surface area contributed by atoms with Crippen molar-refractivity contribution in [3.05, 3.63) is 64.5 Å². The molecule has 0 saturated carbocycles. The predicted octanol–water partition coefficient (Wildman–Crippen LogP) is 7.13. The van der Waals surface area contributed by atoms with Gasteiger partial charge in [0.25, 0.3) is 0 Å². The van der Waals surface area contributed by atoms with Gasteiger partial charge in [0.05, 0.1) is 30.7 Å². The van der Waals surface area contributed by atoms with Crippen LogP contribution in [0.1, 0.15) is 53.4 Å². The van der Waals surface area contributed by atoms with Crippen LogP contribution in [0.15, 0.2) is 53.4 Å². The minimum absolute atomic E-state index is 0.161. The number of thiocarbonyl (C=S) groups is 1. The molecule has 0 bridgehead atoms. The van der Waals surface area contributed by atoms with Crippen molar-refractivity contribution in [3.63, 3.8) is 0 Å². The molecule has 2 aromatic carbocycles. The van der Waals surface area contributed by atoms with E-state index in [1.807, 2.05) is 55.5 Å². The second-order valence-electron chi connectivity index (χ2n) is 9.17. The van der Waals surface area contributed by atoms with E-state index in [2.05, 4.69) is 16.0 Å². The number of hydrogen-bond donors (Lipinski definition) is 3. The second-order valence-corrected chi connectivity index (χ2v) is 12.1. The Balaban J connectivity index is 1.41. The van der Waals surface area contributed by atoms with Crippen LogP contribution in [0.25, 0.3) is 0 Å². The molecule has 7 nitrogen and oxygen atoms in total. The molecule has 4 rings (SSSR count). The first-order chi connectivity index (χ1) is 18.9. The number of nitrogens with one attached hydrogen (secondary N) is 3. The molecule has 39 heavy (non-hydrogen) atoms. The Hall–Kier alpha value is -3.08. The maximum Gasteiger partial charge on any atom is 0.341 e. The van der Waals surface area contributed by atoms with Crippen LogP contribution in [-0.2, 0) is 22.4 Å².